The summed E-state index contributed by atoms with van der Waals surface area (Å²) < 4.78 is 0. The molecule has 0 aliphatic carbocycles. The molecule has 112 valence electrons. The number of nitrogens with one attached hydrogen (secondary N) is 1. The molecule has 1 heterocycles. The first-order valence-corrected chi connectivity index (χ1v) is 8.07. The Bertz CT molecular complexity index is 388. The van der Waals surface area contributed by atoms with E-state index in [0.29, 0.717) is 18.1 Å². The van der Waals surface area contributed by atoms with E-state index in [1.807, 2.05) is 0 Å². The molecule has 1 saturated heterocycles. The van der Waals surface area contributed by atoms with Crippen LogP contribution >= 0.6 is 0 Å². The largest absolute Gasteiger partial charge is 0.307 e. The van der Waals surface area contributed by atoms with E-state index in [1.54, 1.807) is 0 Å². The van der Waals surface area contributed by atoms with Crippen LogP contribution in [0.4, 0.5) is 0 Å². The van der Waals surface area contributed by atoms with E-state index < -0.39 is 0 Å². The van der Waals surface area contributed by atoms with Gasteiger partial charge in [-0.05, 0) is 51.3 Å². The number of piperidine rings is 1. The minimum Gasteiger partial charge on any atom is -0.307 e. The van der Waals surface area contributed by atoms with Gasteiger partial charge in [-0.25, -0.2) is 0 Å². The van der Waals surface area contributed by atoms with Crippen LogP contribution in [0.3, 0.4) is 0 Å². The van der Waals surface area contributed by atoms with E-state index in [0.717, 1.165) is 5.92 Å². The zero-order chi connectivity index (χ0) is 14.5. The highest BCUT2D eigenvalue weighted by Crippen LogP contribution is 2.25. The Morgan fingerprint density at radius 1 is 1.25 bits per heavy atom. The topological polar surface area (TPSA) is 15.3 Å². The minimum absolute atomic E-state index is 0.497. The molecule has 1 aromatic carbocycles. The summed E-state index contributed by atoms with van der Waals surface area (Å²) in [7, 11) is 2.24. The molecule has 0 bridgehead atoms. The summed E-state index contributed by atoms with van der Waals surface area (Å²) in [5.74, 6) is 0.719. The Morgan fingerprint density at radius 2 is 1.95 bits per heavy atom. The molecule has 0 saturated carbocycles. The van der Waals surface area contributed by atoms with E-state index in [-0.39, 0.29) is 0 Å². The molecule has 1 aliphatic heterocycles. The first-order chi connectivity index (χ1) is 9.56. The van der Waals surface area contributed by atoms with Gasteiger partial charge in [-0.1, -0.05) is 44.2 Å². The molecule has 2 nitrogen and oxygen atoms in total. The summed E-state index contributed by atoms with van der Waals surface area (Å²) in [6.45, 7) is 8.18. The van der Waals surface area contributed by atoms with Crippen molar-refractivity contribution < 1.29 is 0 Å². The second-order valence-corrected chi connectivity index (χ2v) is 6.81. The molecule has 1 aromatic rings. The predicted molar refractivity (Wildman–Crippen MR) is 86.9 cm³/mol. The lowest BCUT2D eigenvalue weighted by Crippen LogP contribution is -2.46. The monoisotopic (exact) mass is 274 g/mol. The van der Waals surface area contributed by atoms with Crippen LogP contribution in [0.5, 0.6) is 0 Å². The van der Waals surface area contributed by atoms with Gasteiger partial charge in [-0.2, -0.15) is 0 Å². The summed E-state index contributed by atoms with van der Waals surface area (Å²) in [6.07, 6.45) is 3.74. The second kappa shape index (κ2) is 7.24. The Balaban J connectivity index is 2.01. The van der Waals surface area contributed by atoms with E-state index in [9.17, 15) is 0 Å². The first kappa shape index (κ1) is 15.5. The third-order valence-electron chi connectivity index (χ3n) is 4.55. The van der Waals surface area contributed by atoms with Crippen molar-refractivity contribution in [2.75, 3.05) is 13.6 Å². The lowest BCUT2D eigenvalue weighted by atomic mass is 9.93. The molecule has 3 unspecified atom stereocenters. The van der Waals surface area contributed by atoms with Crippen molar-refractivity contribution in [3.05, 3.63) is 35.9 Å². The molecule has 1 aliphatic rings. The zero-order valence-corrected chi connectivity index (χ0v) is 13.5. The Labute approximate surface area is 124 Å². The van der Waals surface area contributed by atoms with E-state index in [4.69, 9.17) is 0 Å². The molecule has 1 fully saturated rings. The van der Waals surface area contributed by atoms with Crippen LogP contribution in [0.2, 0.25) is 0 Å². The highest BCUT2D eigenvalue weighted by atomic mass is 15.1. The van der Waals surface area contributed by atoms with Crippen molar-refractivity contribution in [3.8, 4) is 0 Å². The number of hydrogen-bond donors (Lipinski definition) is 1. The average Bonchev–Trinajstić information content (AvgIpc) is 2.43. The van der Waals surface area contributed by atoms with Crippen LogP contribution in [-0.2, 0) is 0 Å². The average molecular weight is 274 g/mol. The van der Waals surface area contributed by atoms with Crippen LogP contribution < -0.4 is 5.32 Å². The van der Waals surface area contributed by atoms with Gasteiger partial charge in [0.1, 0.15) is 0 Å². The van der Waals surface area contributed by atoms with Gasteiger partial charge in [0.15, 0.2) is 0 Å². The summed E-state index contributed by atoms with van der Waals surface area (Å²) in [5, 5.41) is 3.93. The van der Waals surface area contributed by atoms with E-state index >= 15 is 0 Å². The van der Waals surface area contributed by atoms with Gasteiger partial charge in [0.05, 0.1) is 0 Å². The molecule has 0 aromatic heterocycles. The molecule has 3 atom stereocenters. The van der Waals surface area contributed by atoms with Crippen LogP contribution in [0.1, 0.15) is 51.6 Å². The van der Waals surface area contributed by atoms with Crippen molar-refractivity contribution in [2.24, 2.45) is 5.92 Å². The lowest BCUT2D eigenvalue weighted by molar-refractivity contribution is 0.159. The van der Waals surface area contributed by atoms with Gasteiger partial charge in [0, 0.05) is 18.1 Å². The number of benzene rings is 1. The van der Waals surface area contributed by atoms with Gasteiger partial charge in [0.2, 0.25) is 0 Å². The number of nitrogens with zero attached hydrogens (tertiary/aromatic N) is 1. The molecule has 2 rings (SSSR count). The molecule has 0 spiro atoms. The van der Waals surface area contributed by atoms with Gasteiger partial charge in [-0.15, -0.1) is 0 Å². The molecular formula is C18H30N2. The summed E-state index contributed by atoms with van der Waals surface area (Å²) in [5.41, 5.74) is 1.44. The fourth-order valence-electron chi connectivity index (χ4n) is 3.18. The molecule has 0 amide bonds. The third kappa shape index (κ3) is 4.32. The number of likely N-dealkylation sites (tertiary alicyclic amines) is 1. The highest BCUT2D eigenvalue weighted by molar-refractivity contribution is 5.19. The standard InChI is InChI=1S/C18H30N2/c1-14(2)12-18(16-8-6-5-7-9-16)19-17-10-11-20(4)15(3)13-17/h5-9,14-15,17-19H,10-13H2,1-4H3. The van der Waals surface area contributed by atoms with Crippen LogP contribution in [-0.4, -0.2) is 30.6 Å². The van der Waals surface area contributed by atoms with Gasteiger partial charge in [0.25, 0.3) is 0 Å². The summed E-state index contributed by atoms with van der Waals surface area (Å²) >= 11 is 0. The van der Waals surface area contributed by atoms with Crippen molar-refractivity contribution in [3.63, 3.8) is 0 Å². The normalized spacial score (nSPS) is 25.9. The number of hydrogen-bond acceptors (Lipinski definition) is 2. The molecule has 1 N–H and O–H groups in total. The second-order valence-electron chi connectivity index (χ2n) is 6.81. The maximum atomic E-state index is 3.93. The van der Waals surface area contributed by atoms with Gasteiger partial charge in [-0.3, -0.25) is 0 Å². The number of rotatable bonds is 5. The third-order valence-corrected chi connectivity index (χ3v) is 4.55. The van der Waals surface area contributed by atoms with Crippen molar-refractivity contribution in [2.45, 2.75) is 58.2 Å². The Morgan fingerprint density at radius 3 is 2.55 bits per heavy atom. The predicted octanol–water partition coefficient (Wildman–Crippen LogP) is 3.85. The lowest BCUT2D eigenvalue weighted by Gasteiger charge is -2.37. The molecule has 20 heavy (non-hydrogen) atoms. The Hall–Kier alpha value is -0.860. The molecular weight excluding hydrogens is 244 g/mol. The van der Waals surface area contributed by atoms with Crippen molar-refractivity contribution >= 4 is 0 Å². The van der Waals surface area contributed by atoms with Crippen LogP contribution in [0, 0.1) is 5.92 Å². The quantitative estimate of drug-likeness (QED) is 0.877. The SMILES string of the molecule is CC(C)CC(NC1CCN(C)C(C)C1)c1ccccc1. The van der Waals surface area contributed by atoms with Gasteiger partial charge >= 0.3 is 0 Å². The molecule has 0 radical (unpaired) electrons. The smallest absolute Gasteiger partial charge is 0.0325 e. The Kier molecular flexibility index (Phi) is 5.62. The van der Waals surface area contributed by atoms with Gasteiger partial charge < -0.3 is 10.2 Å². The fourth-order valence-corrected chi connectivity index (χ4v) is 3.18. The van der Waals surface area contributed by atoms with E-state index in [1.165, 1.54) is 31.4 Å². The maximum absolute atomic E-state index is 3.93. The maximum Gasteiger partial charge on any atom is 0.0325 e. The fraction of sp³-hybridized carbons (Fsp3) is 0.667. The summed E-state index contributed by atoms with van der Waals surface area (Å²) in [4.78, 5) is 2.47. The molecule has 2 heteroatoms. The summed E-state index contributed by atoms with van der Waals surface area (Å²) in [6, 6.07) is 12.8. The van der Waals surface area contributed by atoms with E-state index in [2.05, 4.69) is 68.4 Å². The zero-order valence-electron chi connectivity index (χ0n) is 13.5. The minimum atomic E-state index is 0.497. The van der Waals surface area contributed by atoms with Crippen molar-refractivity contribution in [1.82, 2.24) is 10.2 Å². The van der Waals surface area contributed by atoms with Crippen molar-refractivity contribution in [1.29, 1.82) is 0 Å². The van der Waals surface area contributed by atoms with Crippen LogP contribution in [0.15, 0.2) is 30.3 Å². The highest BCUT2D eigenvalue weighted by Gasteiger charge is 2.25. The first-order valence-electron chi connectivity index (χ1n) is 8.07. The van der Waals surface area contributed by atoms with Crippen LogP contribution in [0.25, 0.3) is 0 Å².